The van der Waals surface area contributed by atoms with E-state index in [2.05, 4.69) is 10.0 Å². The Kier molecular flexibility index (Phi) is 7.08. The van der Waals surface area contributed by atoms with Crippen LogP contribution in [0.2, 0.25) is 10.0 Å². The molecule has 9 heteroatoms. The van der Waals surface area contributed by atoms with Crippen LogP contribution in [0.5, 0.6) is 0 Å². The summed E-state index contributed by atoms with van der Waals surface area (Å²) in [4.78, 5) is 13.1. The minimum Gasteiger partial charge on any atom is -0.324 e. The largest absolute Gasteiger partial charge is 0.324 e. The average Bonchev–Trinajstić information content (AvgIpc) is 2.71. The highest BCUT2D eigenvalue weighted by molar-refractivity contribution is 8.00. The van der Waals surface area contributed by atoms with E-state index in [-0.39, 0.29) is 16.6 Å². The maximum absolute atomic E-state index is 12.3. The maximum Gasteiger partial charge on any atom is 0.261 e. The highest BCUT2D eigenvalue weighted by Crippen LogP contribution is 2.30. The Morgan fingerprint density at radius 3 is 2.28 bits per heavy atom. The molecule has 0 aromatic heterocycles. The van der Waals surface area contributed by atoms with Gasteiger partial charge in [0, 0.05) is 10.6 Å². The molecule has 0 fully saturated rings. The van der Waals surface area contributed by atoms with Crippen molar-refractivity contribution in [3.8, 4) is 0 Å². The molecule has 0 heterocycles. The molecule has 0 aliphatic rings. The summed E-state index contributed by atoms with van der Waals surface area (Å²) in [6, 6.07) is 19.9. The number of thioether (sulfide) groups is 1. The number of hydrogen-bond donors (Lipinski definition) is 2. The van der Waals surface area contributed by atoms with Gasteiger partial charge in [0.15, 0.2) is 0 Å². The molecule has 0 aliphatic heterocycles. The number of benzene rings is 3. The van der Waals surface area contributed by atoms with Crippen LogP contribution >= 0.6 is 35.0 Å². The molecule has 5 nitrogen and oxygen atoms in total. The van der Waals surface area contributed by atoms with Crippen molar-refractivity contribution < 1.29 is 13.2 Å². The van der Waals surface area contributed by atoms with Crippen molar-refractivity contribution in [2.75, 3.05) is 15.8 Å². The standard InChI is InChI=1S/C20H16Cl2N2O3S2/c21-17-7-4-8-18(20(17)22)23-19(25)13-28-15-11-9-14(10-12-15)24-29(26,27)16-5-2-1-3-6-16/h1-12,24H,13H2,(H,23,25). The van der Waals surface area contributed by atoms with Gasteiger partial charge in [-0.05, 0) is 48.5 Å². The number of anilines is 2. The van der Waals surface area contributed by atoms with Gasteiger partial charge in [0.25, 0.3) is 10.0 Å². The topological polar surface area (TPSA) is 75.3 Å². The van der Waals surface area contributed by atoms with Gasteiger partial charge in [0.1, 0.15) is 0 Å². The number of sulfonamides is 1. The Bertz CT molecular complexity index is 1110. The number of rotatable bonds is 7. The molecule has 3 aromatic rings. The van der Waals surface area contributed by atoms with Crippen molar-refractivity contribution in [1.82, 2.24) is 0 Å². The molecule has 0 unspecified atom stereocenters. The van der Waals surface area contributed by atoms with Gasteiger partial charge >= 0.3 is 0 Å². The van der Waals surface area contributed by atoms with Crippen LogP contribution in [0, 0.1) is 0 Å². The van der Waals surface area contributed by atoms with E-state index in [0.29, 0.717) is 21.4 Å². The molecule has 0 atom stereocenters. The first-order valence-electron chi connectivity index (χ1n) is 8.40. The van der Waals surface area contributed by atoms with Gasteiger partial charge in [-0.3, -0.25) is 9.52 Å². The summed E-state index contributed by atoms with van der Waals surface area (Å²) in [7, 11) is -3.64. The SMILES string of the molecule is O=C(CSc1ccc(NS(=O)(=O)c2ccccc2)cc1)Nc1cccc(Cl)c1Cl. The van der Waals surface area contributed by atoms with Gasteiger partial charge < -0.3 is 5.32 Å². The summed E-state index contributed by atoms with van der Waals surface area (Å²) in [5.41, 5.74) is 0.892. The smallest absolute Gasteiger partial charge is 0.261 e. The molecule has 3 aromatic carbocycles. The highest BCUT2D eigenvalue weighted by Gasteiger charge is 2.13. The van der Waals surface area contributed by atoms with E-state index in [1.54, 1.807) is 60.7 Å². The molecule has 3 rings (SSSR count). The molecule has 0 spiro atoms. The lowest BCUT2D eigenvalue weighted by molar-refractivity contribution is -0.113. The molecular weight excluding hydrogens is 451 g/mol. The van der Waals surface area contributed by atoms with Crippen molar-refractivity contribution in [2.24, 2.45) is 0 Å². The lowest BCUT2D eigenvalue weighted by Crippen LogP contribution is -2.14. The van der Waals surface area contributed by atoms with Gasteiger partial charge in [0.2, 0.25) is 5.91 Å². The molecule has 0 bridgehead atoms. The van der Waals surface area contributed by atoms with E-state index in [4.69, 9.17) is 23.2 Å². The second-order valence-electron chi connectivity index (χ2n) is 5.88. The Hall–Kier alpha value is -2.19. The number of amides is 1. The summed E-state index contributed by atoms with van der Waals surface area (Å²) >= 11 is 13.3. The van der Waals surface area contributed by atoms with Crippen LogP contribution in [-0.2, 0) is 14.8 Å². The van der Waals surface area contributed by atoms with Crippen LogP contribution in [0.15, 0.2) is 82.6 Å². The van der Waals surface area contributed by atoms with Crippen molar-refractivity contribution in [2.45, 2.75) is 9.79 Å². The number of nitrogens with one attached hydrogen (secondary N) is 2. The number of carbonyl (C=O) groups is 1. The van der Waals surface area contributed by atoms with Gasteiger partial charge in [0.05, 0.1) is 26.4 Å². The maximum atomic E-state index is 12.3. The molecular formula is C20H16Cl2N2O3S2. The fourth-order valence-electron chi connectivity index (χ4n) is 2.37. The zero-order chi connectivity index (χ0) is 20.9. The van der Waals surface area contributed by atoms with E-state index in [1.807, 2.05) is 0 Å². The van der Waals surface area contributed by atoms with Crippen LogP contribution in [0.3, 0.4) is 0 Å². The molecule has 0 radical (unpaired) electrons. The fourth-order valence-corrected chi connectivity index (χ4v) is 4.49. The van der Waals surface area contributed by atoms with Crippen LogP contribution < -0.4 is 10.0 Å². The quantitative estimate of drug-likeness (QED) is 0.449. The molecule has 0 saturated carbocycles. The van der Waals surface area contributed by atoms with Gasteiger partial charge in [-0.15, -0.1) is 11.8 Å². The monoisotopic (exact) mass is 466 g/mol. The summed E-state index contributed by atoms with van der Waals surface area (Å²) in [6.07, 6.45) is 0. The zero-order valence-corrected chi connectivity index (χ0v) is 18.1. The van der Waals surface area contributed by atoms with Crippen molar-refractivity contribution in [1.29, 1.82) is 0 Å². The molecule has 29 heavy (non-hydrogen) atoms. The molecule has 0 saturated heterocycles. The Balaban J connectivity index is 1.57. The summed E-state index contributed by atoms with van der Waals surface area (Å²) < 4.78 is 27.2. The fraction of sp³-hybridized carbons (Fsp3) is 0.0500. The predicted molar refractivity (Wildman–Crippen MR) is 120 cm³/mol. The van der Waals surface area contributed by atoms with E-state index < -0.39 is 10.0 Å². The summed E-state index contributed by atoms with van der Waals surface area (Å²) in [5, 5.41) is 3.37. The van der Waals surface area contributed by atoms with Crippen molar-refractivity contribution in [3.05, 3.63) is 82.8 Å². The van der Waals surface area contributed by atoms with E-state index in [9.17, 15) is 13.2 Å². The normalized spacial score (nSPS) is 11.1. The van der Waals surface area contributed by atoms with Crippen LogP contribution in [0.4, 0.5) is 11.4 Å². The first-order valence-corrected chi connectivity index (χ1v) is 11.6. The van der Waals surface area contributed by atoms with E-state index in [0.717, 1.165) is 4.90 Å². The highest BCUT2D eigenvalue weighted by atomic mass is 35.5. The number of carbonyl (C=O) groups excluding carboxylic acids is 1. The zero-order valence-electron chi connectivity index (χ0n) is 14.9. The molecule has 0 aliphatic carbocycles. The lowest BCUT2D eigenvalue weighted by atomic mass is 10.3. The predicted octanol–water partition coefficient (Wildman–Crippen LogP) is 5.53. The first kappa shape index (κ1) is 21.5. The number of hydrogen-bond acceptors (Lipinski definition) is 4. The Labute approximate surface area is 183 Å². The van der Waals surface area contributed by atoms with Crippen LogP contribution in [-0.4, -0.2) is 20.1 Å². The third kappa shape index (κ3) is 5.90. The third-order valence-electron chi connectivity index (χ3n) is 3.76. The number of halogens is 2. The first-order chi connectivity index (χ1) is 13.8. The minimum atomic E-state index is -3.64. The summed E-state index contributed by atoms with van der Waals surface area (Å²) in [6.45, 7) is 0. The second-order valence-corrected chi connectivity index (χ2v) is 9.40. The lowest BCUT2D eigenvalue weighted by Gasteiger charge is -2.09. The average molecular weight is 467 g/mol. The van der Waals surface area contributed by atoms with Crippen LogP contribution in [0.1, 0.15) is 0 Å². The second kappa shape index (κ2) is 9.54. The Morgan fingerprint density at radius 2 is 1.59 bits per heavy atom. The van der Waals surface area contributed by atoms with Crippen LogP contribution in [0.25, 0.3) is 0 Å². The minimum absolute atomic E-state index is 0.165. The molecule has 150 valence electrons. The Morgan fingerprint density at radius 1 is 0.897 bits per heavy atom. The van der Waals surface area contributed by atoms with Gasteiger partial charge in [-0.1, -0.05) is 47.5 Å². The molecule has 2 N–H and O–H groups in total. The van der Waals surface area contributed by atoms with E-state index >= 15 is 0 Å². The third-order valence-corrected chi connectivity index (χ3v) is 6.98. The van der Waals surface area contributed by atoms with Gasteiger partial charge in [-0.2, -0.15) is 0 Å². The van der Waals surface area contributed by atoms with Crippen molar-refractivity contribution >= 4 is 62.3 Å². The van der Waals surface area contributed by atoms with Crippen molar-refractivity contribution in [3.63, 3.8) is 0 Å². The van der Waals surface area contributed by atoms with Gasteiger partial charge in [-0.25, -0.2) is 8.42 Å². The summed E-state index contributed by atoms with van der Waals surface area (Å²) in [5.74, 6) is -0.0641. The van der Waals surface area contributed by atoms with E-state index in [1.165, 1.54) is 23.9 Å². The molecule has 1 amide bonds.